The van der Waals surface area contributed by atoms with Crippen LogP contribution in [0.1, 0.15) is 11.1 Å². The van der Waals surface area contributed by atoms with Crippen molar-refractivity contribution in [1.82, 2.24) is 4.57 Å². The smallest absolute Gasteiger partial charge is 0.151 e. The quantitative estimate of drug-likeness (QED) is 0.152. The van der Waals surface area contributed by atoms with Crippen molar-refractivity contribution in [3.63, 3.8) is 0 Å². The summed E-state index contributed by atoms with van der Waals surface area (Å²) < 4.78 is 8.83. The molecule has 9 aromatic carbocycles. The molecule has 0 amide bonds. The Morgan fingerprint density at radius 1 is 0.492 bits per heavy atom. The zero-order valence-corrected chi connectivity index (χ0v) is 32.1. The highest BCUT2D eigenvalue weighted by Gasteiger charge is 2.26. The average molecular weight is 759 g/mol. The molecule has 5 nitrogen and oxygen atoms in total. The van der Waals surface area contributed by atoms with Gasteiger partial charge in [-0.2, -0.15) is 0 Å². The molecule has 10 aromatic rings. The van der Waals surface area contributed by atoms with Crippen molar-refractivity contribution in [3.8, 4) is 33.8 Å². The van der Waals surface area contributed by atoms with E-state index in [1.54, 1.807) is 0 Å². The Labute approximate surface area is 342 Å². The minimum Gasteiger partial charge on any atom is -0.453 e. The number of nitrogens with zero attached hydrogens (tertiary/aromatic N) is 2. The summed E-state index contributed by atoms with van der Waals surface area (Å²) in [5.41, 5.74) is 13.1. The molecule has 0 saturated heterocycles. The van der Waals surface area contributed by atoms with Gasteiger partial charge in [0.2, 0.25) is 0 Å². The van der Waals surface area contributed by atoms with Crippen LogP contribution in [-0.2, 0) is 6.67 Å². The Morgan fingerprint density at radius 2 is 1.17 bits per heavy atom. The van der Waals surface area contributed by atoms with Gasteiger partial charge in [0, 0.05) is 33.3 Å². The van der Waals surface area contributed by atoms with Gasteiger partial charge in [-0.05, 0) is 93.7 Å². The summed E-state index contributed by atoms with van der Waals surface area (Å²) >= 11 is 0. The lowest BCUT2D eigenvalue weighted by Gasteiger charge is -2.33. The average Bonchev–Trinajstić information content (AvgIpc) is 3.63. The third-order valence-electron chi connectivity index (χ3n) is 11.5. The van der Waals surface area contributed by atoms with Gasteiger partial charge >= 0.3 is 0 Å². The van der Waals surface area contributed by atoms with Gasteiger partial charge in [-0.1, -0.05) is 146 Å². The number of fused-ring (bicyclic) bond motifs is 7. The van der Waals surface area contributed by atoms with Crippen LogP contribution in [0.2, 0.25) is 0 Å². The summed E-state index contributed by atoms with van der Waals surface area (Å²) in [5.74, 6) is 1.66. The van der Waals surface area contributed by atoms with E-state index in [0.29, 0.717) is 12.4 Å². The van der Waals surface area contributed by atoms with Crippen LogP contribution in [-0.4, -0.2) is 10.3 Å². The normalized spacial score (nSPS) is 12.0. The molecule has 0 radical (unpaired) electrons. The maximum absolute atomic E-state index is 9.09. The molecule has 280 valence electrons. The number of aromatic nitrogens is 1. The van der Waals surface area contributed by atoms with Crippen molar-refractivity contribution < 1.29 is 4.74 Å². The van der Waals surface area contributed by atoms with Crippen LogP contribution in [0.15, 0.2) is 206 Å². The summed E-state index contributed by atoms with van der Waals surface area (Å²) in [7, 11) is 0. The highest BCUT2D eigenvalue weighted by molar-refractivity contribution is 6.21. The van der Waals surface area contributed by atoms with E-state index in [1.165, 1.54) is 21.5 Å². The summed E-state index contributed by atoms with van der Waals surface area (Å²) in [6.45, 7) is 0.527. The number of ether oxygens (including phenoxy) is 1. The monoisotopic (exact) mass is 758 g/mol. The highest BCUT2D eigenvalue weighted by atomic mass is 16.5. The zero-order chi connectivity index (χ0) is 39.3. The molecule has 2 N–H and O–H groups in total. The molecular formula is C54H38N4O. The standard InChI is InChI=1S/C54H38N4O/c55-54(37-15-3-1-4-16-37)44-22-9-10-23-46(44)56-35-57-48-30-27-36-14-7-8-21-43(36)53(48)45-29-26-40(33-49(45)57)38-17-13-18-39(32-38)41-28-31-52-50(34-41)58(42-19-5-2-6-20-42)47-24-11-12-25-51(47)59-52/h1-34,55-56H,35H2. The van der Waals surface area contributed by atoms with Crippen molar-refractivity contribution in [1.29, 1.82) is 5.41 Å². The van der Waals surface area contributed by atoms with Gasteiger partial charge in [-0.25, -0.2) is 0 Å². The number of anilines is 4. The zero-order valence-electron chi connectivity index (χ0n) is 32.1. The molecule has 0 fully saturated rings. The van der Waals surface area contributed by atoms with Gasteiger partial charge < -0.3 is 19.5 Å². The largest absolute Gasteiger partial charge is 0.453 e. The van der Waals surface area contributed by atoms with Gasteiger partial charge in [0.15, 0.2) is 11.5 Å². The van der Waals surface area contributed by atoms with E-state index in [9.17, 15) is 0 Å². The van der Waals surface area contributed by atoms with E-state index >= 15 is 0 Å². The maximum Gasteiger partial charge on any atom is 0.151 e. The Balaban J connectivity index is 0.997. The van der Waals surface area contributed by atoms with Gasteiger partial charge in [0.1, 0.15) is 0 Å². The molecule has 5 heteroatoms. The fraction of sp³-hybridized carbons (Fsp3) is 0.0185. The second kappa shape index (κ2) is 14.2. The van der Waals surface area contributed by atoms with Crippen molar-refractivity contribution in [2.24, 2.45) is 0 Å². The summed E-state index contributed by atoms with van der Waals surface area (Å²) in [4.78, 5) is 2.29. The molecule has 1 aliphatic rings. The number of para-hydroxylation sites is 4. The predicted octanol–water partition coefficient (Wildman–Crippen LogP) is 14.3. The Hall–Kier alpha value is -7.89. The summed E-state index contributed by atoms with van der Waals surface area (Å²) in [5, 5.41) is 17.7. The number of nitrogens with one attached hydrogen (secondary N) is 2. The van der Waals surface area contributed by atoms with Gasteiger partial charge in [-0.15, -0.1) is 0 Å². The lowest BCUT2D eigenvalue weighted by Crippen LogP contribution is -2.15. The first-order chi connectivity index (χ1) is 29.2. The maximum atomic E-state index is 9.09. The number of hydrogen-bond acceptors (Lipinski definition) is 4. The summed E-state index contributed by atoms with van der Waals surface area (Å²) in [6.07, 6.45) is 0. The number of hydrogen-bond donors (Lipinski definition) is 2. The number of rotatable bonds is 8. The van der Waals surface area contributed by atoms with E-state index in [1.807, 2.05) is 66.7 Å². The number of benzene rings is 9. The van der Waals surface area contributed by atoms with Crippen molar-refractivity contribution in [2.45, 2.75) is 6.67 Å². The van der Waals surface area contributed by atoms with Gasteiger partial charge in [0.25, 0.3) is 0 Å². The molecule has 0 spiro atoms. The van der Waals surface area contributed by atoms with Crippen LogP contribution >= 0.6 is 0 Å². The Bertz CT molecular complexity index is 3220. The molecule has 0 bridgehead atoms. The first-order valence-corrected chi connectivity index (χ1v) is 20.0. The van der Waals surface area contributed by atoms with E-state index in [-0.39, 0.29) is 0 Å². The molecule has 11 rings (SSSR count). The molecule has 1 aromatic heterocycles. The molecule has 0 atom stereocenters. The van der Waals surface area contributed by atoms with E-state index < -0.39 is 0 Å². The van der Waals surface area contributed by atoms with Crippen LogP contribution < -0.4 is 15.0 Å². The third-order valence-corrected chi connectivity index (χ3v) is 11.5. The Kier molecular flexibility index (Phi) is 8.30. The molecular weight excluding hydrogens is 721 g/mol. The van der Waals surface area contributed by atoms with E-state index in [2.05, 4.69) is 154 Å². The van der Waals surface area contributed by atoms with Crippen molar-refractivity contribution in [3.05, 3.63) is 217 Å². The third kappa shape index (κ3) is 5.99. The molecule has 0 saturated carbocycles. The lowest BCUT2D eigenvalue weighted by atomic mass is 9.97. The van der Waals surface area contributed by atoms with Crippen LogP contribution in [0.5, 0.6) is 11.5 Å². The van der Waals surface area contributed by atoms with Gasteiger partial charge in [-0.3, -0.25) is 5.41 Å². The van der Waals surface area contributed by atoms with Crippen LogP contribution in [0.25, 0.3) is 54.8 Å². The molecule has 0 unspecified atom stereocenters. The van der Waals surface area contributed by atoms with Crippen LogP contribution in [0.3, 0.4) is 0 Å². The van der Waals surface area contributed by atoms with Crippen LogP contribution in [0, 0.1) is 5.41 Å². The molecule has 0 aliphatic carbocycles. The van der Waals surface area contributed by atoms with E-state index in [4.69, 9.17) is 10.1 Å². The molecule has 1 aliphatic heterocycles. The van der Waals surface area contributed by atoms with Crippen LogP contribution in [0.4, 0.5) is 22.7 Å². The lowest BCUT2D eigenvalue weighted by molar-refractivity contribution is 0.477. The SMILES string of the molecule is N=C(c1ccccc1)c1ccccc1NCn1c2cc(-c3cccc(-c4ccc5c(c4)N(c4ccccc4)c4ccccc4O5)c3)ccc2c2c3ccccc3ccc21. The summed E-state index contributed by atoms with van der Waals surface area (Å²) in [6, 6.07) is 72.0. The first-order valence-electron chi connectivity index (χ1n) is 20.0. The fourth-order valence-corrected chi connectivity index (χ4v) is 8.66. The van der Waals surface area contributed by atoms with Crippen molar-refractivity contribution >= 4 is 61.0 Å². The van der Waals surface area contributed by atoms with Crippen molar-refractivity contribution in [2.75, 3.05) is 10.2 Å². The first kappa shape index (κ1) is 34.4. The van der Waals surface area contributed by atoms with E-state index in [0.717, 1.165) is 78.7 Å². The van der Waals surface area contributed by atoms with Gasteiger partial charge in [0.05, 0.1) is 34.8 Å². The minimum absolute atomic E-state index is 0.494. The topological polar surface area (TPSA) is 53.3 Å². The predicted molar refractivity (Wildman–Crippen MR) is 245 cm³/mol. The molecule has 59 heavy (non-hydrogen) atoms. The Morgan fingerprint density at radius 3 is 2.03 bits per heavy atom. The second-order valence-electron chi connectivity index (χ2n) is 15.0. The molecule has 2 heterocycles. The minimum atomic E-state index is 0.494. The highest BCUT2D eigenvalue weighted by Crippen LogP contribution is 2.51. The fourth-order valence-electron chi connectivity index (χ4n) is 8.66. The second-order valence-corrected chi connectivity index (χ2v) is 15.0.